The largest absolute Gasteiger partial charge is 0.455 e. The Morgan fingerprint density at radius 2 is 1.93 bits per heavy atom. The molecule has 29 heavy (non-hydrogen) atoms. The number of rotatable bonds is 9. The zero-order chi connectivity index (χ0) is 19.1. The lowest BCUT2D eigenvalue weighted by Crippen LogP contribution is -2.36. The van der Waals surface area contributed by atoms with Gasteiger partial charge in [-0.1, -0.05) is 42.1 Å². The van der Waals surface area contributed by atoms with Gasteiger partial charge in [-0.25, -0.2) is 4.98 Å². The molecular weight excluding hydrogens is 431 g/mol. The Morgan fingerprint density at radius 1 is 1.17 bits per heavy atom. The van der Waals surface area contributed by atoms with Crippen molar-refractivity contribution in [2.75, 3.05) is 19.6 Å². The molecule has 2 heterocycles. The highest BCUT2D eigenvalue weighted by molar-refractivity contribution is 7.98. The molecule has 1 amide bonds. The van der Waals surface area contributed by atoms with Gasteiger partial charge in [-0.3, -0.25) is 4.79 Å². The third kappa shape index (κ3) is 7.12. The molecule has 0 aliphatic carbocycles. The molecule has 0 radical (unpaired) electrons. The Kier molecular flexibility index (Phi) is 10.9. The highest BCUT2D eigenvalue weighted by Gasteiger charge is 2.19. The number of hydrogen-bond acceptors (Lipinski definition) is 5. The second-order valence-electron chi connectivity index (χ2n) is 6.19. The summed E-state index contributed by atoms with van der Waals surface area (Å²) in [4.78, 5) is 18.8. The van der Waals surface area contributed by atoms with Crippen molar-refractivity contribution in [2.24, 2.45) is 12.8 Å². The number of aromatic nitrogens is 2. The topological polar surface area (TPSA) is 77.3 Å². The quantitative estimate of drug-likeness (QED) is 0.495. The Bertz CT molecular complexity index is 870. The normalized spacial score (nSPS) is 10.1. The zero-order valence-corrected chi connectivity index (χ0v) is 18.6. The Morgan fingerprint density at radius 3 is 2.59 bits per heavy atom. The molecule has 0 saturated heterocycles. The number of imidazole rings is 1. The predicted octanol–water partition coefficient (Wildman–Crippen LogP) is 3.79. The minimum Gasteiger partial charge on any atom is -0.455 e. The molecule has 2 aromatic heterocycles. The monoisotopic (exact) mass is 456 g/mol. The molecule has 9 heteroatoms. The summed E-state index contributed by atoms with van der Waals surface area (Å²) < 4.78 is 7.72. The van der Waals surface area contributed by atoms with Crippen LogP contribution in [0.25, 0.3) is 0 Å². The summed E-state index contributed by atoms with van der Waals surface area (Å²) in [6.45, 7) is 1.53. The number of nitrogens with zero attached hydrogens (tertiary/aromatic N) is 3. The standard InChI is InChI=1S/C20H24N4O2S.2ClH/c1-23-14-11-22-20(23)27-15-17-7-8-18(26-17)19(25)24(13-10-21)12-9-16-5-3-2-4-6-16;;/h2-8,11,14H,9-10,12-13,15,21H2,1H3;2*1H. The average molecular weight is 457 g/mol. The fraction of sp³-hybridized carbons (Fsp3) is 0.300. The number of amides is 1. The maximum Gasteiger partial charge on any atom is 0.289 e. The van der Waals surface area contributed by atoms with E-state index >= 15 is 0 Å². The van der Waals surface area contributed by atoms with Crippen molar-refractivity contribution in [3.05, 3.63) is 71.9 Å². The summed E-state index contributed by atoms with van der Waals surface area (Å²) in [7, 11) is 1.95. The van der Waals surface area contributed by atoms with E-state index in [0.717, 1.165) is 17.3 Å². The van der Waals surface area contributed by atoms with Crippen LogP contribution in [0.5, 0.6) is 0 Å². The van der Waals surface area contributed by atoms with Crippen molar-refractivity contribution in [1.29, 1.82) is 0 Å². The van der Waals surface area contributed by atoms with Crippen LogP contribution in [-0.2, 0) is 19.2 Å². The Hall–Kier alpha value is -1.93. The first-order chi connectivity index (χ1) is 13.2. The van der Waals surface area contributed by atoms with E-state index in [4.69, 9.17) is 10.2 Å². The predicted molar refractivity (Wildman–Crippen MR) is 121 cm³/mol. The lowest BCUT2D eigenvalue weighted by molar-refractivity contribution is 0.0728. The van der Waals surface area contributed by atoms with Crippen molar-refractivity contribution < 1.29 is 9.21 Å². The van der Waals surface area contributed by atoms with Gasteiger partial charge < -0.3 is 19.6 Å². The van der Waals surface area contributed by atoms with E-state index < -0.39 is 0 Å². The molecule has 0 saturated carbocycles. The fourth-order valence-corrected chi connectivity index (χ4v) is 3.56. The van der Waals surface area contributed by atoms with Gasteiger partial charge in [0.2, 0.25) is 0 Å². The van der Waals surface area contributed by atoms with Crippen molar-refractivity contribution in [3.63, 3.8) is 0 Å². The molecule has 0 spiro atoms. The first-order valence-corrected chi connectivity index (χ1v) is 9.88. The van der Waals surface area contributed by atoms with E-state index in [9.17, 15) is 4.79 Å². The maximum absolute atomic E-state index is 12.8. The SMILES string of the molecule is Cl.Cl.Cn1ccnc1SCc1ccc(C(=O)N(CCN)CCc2ccccc2)o1. The van der Waals surface area contributed by atoms with E-state index in [1.165, 1.54) is 5.56 Å². The number of carbonyl (C=O) groups is 1. The van der Waals surface area contributed by atoms with Crippen LogP contribution >= 0.6 is 36.6 Å². The lowest BCUT2D eigenvalue weighted by atomic mass is 10.1. The summed E-state index contributed by atoms with van der Waals surface area (Å²) in [5.74, 6) is 1.61. The Labute approximate surface area is 187 Å². The van der Waals surface area contributed by atoms with E-state index in [1.807, 2.05) is 42.1 Å². The van der Waals surface area contributed by atoms with Crippen LogP contribution in [0.1, 0.15) is 21.9 Å². The molecule has 158 valence electrons. The first kappa shape index (κ1) is 25.1. The van der Waals surface area contributed by atoms with Crippen molar-refractivity contribution in [3.8, 4) is 0 Å². The third-order valence-corrected chi connectivity index (χ3v) is 5.27. The van der Waals surface area contributed by atoms with Gasteiger partial charge in [0.15, 0.2) is 10.9 Å². The van der Waals surface area contributed by atoms with Crippen molar-refractivity contribution in [2.45, 2.75) is 17.3 Å². The highest BCUT2D eigenvalue weighted by atomic mass is 35.5. The maximum atomic E-state index is 12.8. The number of benzene rings is 1. The van der Waals surface area contributed by atoms with Gasteiger partial charge in [-0.2, -0.15) is 0 Å². The van der Waals surface area contributed by atoms with Crippen LogP contribution in [0.3, 0.4) is 0 Å². The van der Waals surface area contributed by atoms with Crippen molar-refractivity contribution in [1.82, 2.24) is 14.5 Å². The van der Waals surface area contributed by atoms with Gasteiger partial charge in [0.05, 0.1) is 5.75 Å². The van der Waals surface area contributed by atoms with Crippen LogP contribution in [0.2, 0.25) is 0 Å². The van der Waals surface area contributed by atoms with Crippen LogP contribution in [0.15, 0.2) is 64.4 Å². The van der Waals surface area contributed by atoms with Crippen LogP contribution in [0.4, 0.5) is 0 Å². The molecular formula is C20H26Cl2N4O2S. The average Bonchev–Trinajstić information content (AvgIpc) is 3.32. The van der Waals surface area contributed by atoms with Gasteiger partial charge in [0.1, 0.15) is 5.76 Å². The molecule has 3 aromatic rings. The second-order valence-corrected chi connectivity index (χ2v) is 7.13. The molecule has 1 aromatic carbocycles. The minimum absolute atomic E-state index is 0. The molecule has 0 unspecified atom stereocenters. The summed E-state index contributed by atoms with van der Waals surface area (Å²) in [6.07, 6.45) is 4.45. The number of nitrogens with two attached hydrogens (primary N) is 1. The zero-order valence-electron chi connectivity index (χ0n) is 16.2. The smallest absolute Gasteiger partial charge is 0.289 e. The van der Waals surface area contributed by atoms with E-state index in [2.05, 4.69) is 17.1 Å². The molecule has 0 aliphatic heterocycles. The van der Waals surface area contributed by atoms with E-state index in [0.29, 0.717) is 31.1 Å². The van der Waals surface area contributed by atoms with Gasteiger partial charge in [0, 0.05) is 39.1 Å². The van der Waals surface area contributed by atoms with E-state index in [1.54, 1.807) is 28.9 Å². The summed E-state index contributed by atoms with van der Waals surface area (Å²) in [6, 6.07) is 13.7. The van der Waals surface area contributed by atoms with E-state index in [-0.39, 0.29) is 30.7 Å². The van der Waals surface area contributed by atoms with Gasteiger partial charge in [-0.15, -0.1) is 24.8 Å². The number of thioether (sulfide) groups is 1. The molecule has 2 N–H and O–H groups in total. The van der Waals surface area contributed by atoms with Crippen LogP contribution < -0.4 is 5.73 Å². The lowest BCUT2D eigenvalue weighted by Gasteiger charge is -2.21. The second kappa shape index (κ2) is 12.6. The highest BCUT2D eigenvalue weighted by Crippen LogP contribution is 2.22. The molecule has 0 aliphatic rings. The number of aryl methyl sites for hydroxylation is 1. The minimum atomic E-state index is -0.121. The number of halogens is 2. The number of carbonyl (C=O) groups excluding carboxylic acids is 1. The van der Waals surface area contributed by atoms with Crippen molar-refractivity contribution >= 4 is 42.5 Å². The first-order valence-electron chi connectivity index (χ1n) is 8.89. The third-order valence-electron chi connectivity index (χ3n) is 4.19. The molecule has 3 rings (SSSR count). The van der Waals surface area contributed by atoms with Gasteiger partial charge in [-0.05, 0) is 24.1 Å². The van der Waals surface area contributed by atoms with Crippen LogP contribution in [-0.4, -0.2) is 40.0 Å². The van der Waals surface area contributed by atoms with Gasteiger partial charge in [0.25, 0.3) is 5.91 Å². The summed E-state index contributed by atoms with van der Waals surface area (Å²) >= 11 is 1.57. The summed E-state index contributed by atoms with van der Waals surface area (Å²) in [5.41, 5.74) is 6.89. The molecule has 0 bridgehead atoms. The molecule has 0 atom stereocenters. The Balaban J connectivity index is 0.00000210. The number of furan rings is 1. The molecule has 0 fully saturated rings. The fourth-order valence-electron chi connectivity index (χ4n) is 2.73. The summed E-state index contributed by atoms with van der Waals surface area (Å²) in [5, 5.41) is 0.909. The van der Waals surface area contributed by atoms with Crippen LogP contribution in [0, 0.1) is 0 Å². The van der Waals surface area contributed by atoms with Gasteiger partial charge >= 0.3 is 0 Å². The molecule has 6 nitrogen and oxygen atoms in total. The number of hydrogen-bond donors (Lipinski definition) is 1.